The Morgan fingerprint density at radius 3 is 1.22 bits per heavy atom. The van der Waals surface area contributed by atoms with Crippen molar-refractivity contribution in [2.75, 3.05) is 9.80 Å². The highest BCUT2D eigenvalue weighted by molar-refractivity contribution is 5.87. The smallest absolute Gasteiger partial charge is 0.137 e. The number of aromatic nitrogens is 4. The van der Waals surface area contributed by atoms with E-state index in [0.29, 0.717) is 11.4 Å². The molecule has 6 heteroatoms. The van der Waals surface area contributed by atoms with Crippen LogP contribution in [0.1, 0.15) is 6.85 Å². The Morgan fingerprint density at radius 2 is 0.706 bits per heavy atom. The lowest BCUT2D eigenvalue weighted by Crippen LogP contribution is -2.10. The van der Waals surface area contributed by atoms with Crippen LogP contribution in [0.15, 0.2) is 267 Å². The molecule has 0 saturated carbocycles. The molecule has 0 aliphatic heterocycles. The number of nitrogens with zero attached hydrogens (tertiary/aromatic N) is 6. The standard InChI is InChI=1S/C62H44N6/c1-5-18-47(19-6-1)59-61(65-42-15-13-28-57(65)63-59)49-34-40-54(41-35-49)67(51-23-9-3-10-24-51)53-36-30-45(31-37-53)46-32-38-55(39-33-46)68(52-25-11-4-12-26-52)56-27-17-22-50(44-56)62-60(48-20-7-2-8-21-48)64-58-29-14-16-43-66(58)62/h1-44H/i4D,11D,12D,25D,26D. The first-order valence-corrected chi connectivity index (χ1v) is 22.5. The van der Waals surface area contributed by atoms with E-state index in [1.54, 1.807) is 4.90 Å². The van der Waals surface area contributed by atoms with Crippen LogP contribution in [0.3, 0.4) is 0 Å². The van der Waals surface area contributed by atoms with Crippen molar-refractivity contribution in [2.24, 2.45) is 0 Å². The molecule has 0 aliphatic rings. The van der Waals surface area contributed by atoms with E-state index < -0.39 is 18.1 Å². The molecule has 4 aromatic heterocycles. The molecule has 12 rings (SSSR count). The molecule has 0 unspecified atom stereocenters. The fourth-order valence-electron chi connectivity index (χ4n) is 9.09. The summed E-state index contributed by atoms with van der Waals surface area (Å²) in [7, 11) is 0. The Kier molecular flexibility index (Phi) is 9.08. The summed E-state index contributed by atoms with van der Waals surface area (Å²) in [5.41, 5.74) is 15.4. The molecule has 68 heavy (non-hydrogen) atoms. The maximum atomic E-state index is 9.14. The zero-order valence-corrected chi connectivity index (χ0v) is 36.7. The van der Waals surface area contributed by atoms with Crippen LogP contribution >= 0.6 is 0 Å². The summed E-state index contributed by atoms with van der Waals surface area (Å²) >= 11 is 0. The molecule has 4 heterocycles. The molecule has 0 radical (unpaired) electrons. The fraction of sp³-hybridized carbons (Fsp3) is 0. The van der Waals surface area contributed by atoms with E-state index in [1.807, 2.05) is 158 Å². The topological polar surface area (TPSA) is 41.1 Å². The average molecular weight is 878 g/mol. The van der Waals surface area contributed by atoms with Crippen molar-refractivity contribution < 1.29 is 6.85 Å². The van der Waals surface area contributed by atoms with Gasteiger partial charge in [-0.2, -0.15) is 0 Å². The van der Waals surface area contributed by atoms with Gasteiger partial charge in [0, 0.05) is 68.8 Å². The highest BCUT2D eigenvalue weighted by Gasteiger charge is 2.21. The first-order valence-electron chi connectivity index (χ1n) is 25.0. The Morgan fingerprint density at radius 1 is 0.309 bits per heavy atom. The fourth-order valence-corrected chi connectivity index (χ4v) is 9.09. The van der Waals surface area contributed by atoms with Gasteiger partial charge in [0.15, 0.2) is 0 Å². The van der Waals surface area contributed by atoms with Gasteiger partial charge in [0.05, 0.1) is 29.6 Å². The minimum atomic E-state index is -0.451. The Balaban J connectivity index is 0.903. The predicted octanol–water partition coefficient (Wildman–Crippen LogP) is 16.3. The molecule has 0 atom stereocenters. The first kappa shape index (κ1) is 35.1. The number of hydrogen-bond acceptors (Lipinski definition) is 4. The molecule has 0 bridgehead atoms. The Bertz CT molecular complexity index is 3930. The van der Waals surface area contributed by atoms with Gasteiger partial charge < -0.3 is 9.80 Å². The van der Waals surface area contributed by atoms with E-state index >= 15 is 0 Å². The minimum Gasteiger partial charge on any atom is -0.311 e. The van der Waals surface area contributed by atoms with E-state index in [2.05, 4.69) is 92.7 Å². The quantitative estimate of drug-likeness (QED) is 0.130. The van der Waals surface area contributed by atoms with Crippen LogP contribution in [0.25, 0.3) is 67.5 Å². The molecule has 0 amide bonds. The summed E-state index contributed by atoms with van der Waals surface area (Å²) in [5.74, 6) is 0. The monoisotopic (exact) mass is 877 g/mol. The summed E-state index contributed by atoms with van der Waals surface area (Å²) < 4.78 is 48.3. The molecular formula is C62H44N6. The minimum absolute atomic E-state index is 0.0471. The normalized spacial score (nSPS) is 12.3. The van der Waals surface area contributed by atoms with Crippen molar-refractivity contribution in [3.05, 3.63) is 267 Å². The lowest BCUT2D eigenvalue weighted by Gasteiger charge is -2.26. The number of imidazole rings is 2. The number of hydrogen-bond donors (Lipinski definition) is 0. The first-order chi connectivity index (χ1) is 35.8. The number of rotatable bonds is 11. The van der Waals surface area contributed by atoms with Crippen LogP contribution in [0, 0.1) is 0 Å². The highest BCUT2D eigenvalue weighted by Crippen LogP contribution is 2.42. The van der Waals surface area contributed by atoms with Gasteiger partial charge in [-0.1, -0.05) is 158 Å². The summed E-state index contributed by atoms with van der Waals surface area (Å²) in [4.78, 5) is 14.1. The average Bonchev–Trinajstić information content (AvgIpc) is 4.04. The summed E-state index contributed by atoms with van der Waals surface area (Å²) in [6.45, 7) is 0. The van der Waals surface area contributed by atoms with Crippen molar-refractivity contribution in [3.63, 3.8) is 0 Å². The van der Waals surface area contributed by atoms with Gasteiger partial charge in [0.25, 0.3) is 0 Å². The molecule has 8 aromatic carbocycles. The van der Waals surface area contributed by atoms with Gasteiger partial charge in [0.2, 0.25) is 0 Å². The number of anilines is 6. The molecule has 0 N–H and O–H groups in total. The highest BCUT2D eigenvalue weighted by atomic mass is 15.1. The van der Waals surface area contributed by atoms with Crippen molar-refractivity contribution in [1.82, 2.24) is 18.8 Å². The lowest BCUT2D eigenvalue weighted by molar-refractivity contribution is 1.19. The van der Waals surface area contributed by atoms with Gasteiger partial charge >= 0.3 is 0 Å². The van der Waals surface area contributed by atoms with Crippen molar-refractivity contribution in [3.8, 4) is 56.2 Å². The van der Waals surface area contributed by atoms with Crippen LogP contribution in [0.5, 0.6) is 0 Å². The van der Waals surface area contributed by atoms with E-state index in [9.17, 15) is 0 Å². The molecular weight excluding hydrogens is 829 g/mol. The molecule has 12 aromatic rings. The van der Waals surface area contributed by atoms with Crippen LogP contribution in [0.4, 0.5) is 34.1 Å². The third-order valence-corrected chi connectivity index (χ3v) is 12.2. The zero-order chi connectivity index (χ0) is 49.6. The predicted molar refractivity (Wildman–Crippen MR) is 280 cm³/mol. The molecule has 0 aliphatic carbocycles. The molecule has 0 fully saturated rings. The molecule has 6 nitrogen and oxygen atoms in total. The maximum absolute atomic E-state index is 9.14. The van der Waals surface area contributed by atoms with Crippen molar-refractivity contribution in [2.45, 2.75) is 0 Å². The SMILES string of the molecule is [2H]c1c([2H])c([2H])c(N(c2ccc(-c3ccc(N(c4ccccc4)c4ccc(-c5c(-c6ccccc6)nc6ccccn56)cc4)cc3)cc2)c2cccc(-c3c(-c4ccccc4)nc4ccccn34)c2)c([2H])c1[2H]. The van der Waals surface area contributed by atoms with Gasteiger partial charge in [-0.3, -0.25) is 8.80 Å². The number of para-hydroxylation sites is 2. The second-order valence-corrected chi connectivity index (χ2v) is 16.4. The molecule has 0 spiro atoms. The van der Waals surface area contributed by atoms with E-state index in [0.717, 1.165) is 84.5 Å². The summed E-state index contributed by atoms with van der Waals surface area (Å²) in [5, 5.41) is 0. The van der Waals surface area contributed by atoms with Gasteiger partial charge in [-0.25, -0.2) is 9.97 Å². The van der Waals surface area contributed by atoms with E-state index in [1.165, 1.54) is 0 Å². The van der Waals surface area contributed by atoms with Gasteiger partial charge in [-0.05, 0) is 108 Å². The van der Waals surface area contributed by atoms with Gasteiger partial charge in [-0.15, -0.1) is 0 Å². The number of benzene rings is 8. The van der Waals surface area contributed by atoms with Crippen LogP contribution in [-0.2, 0) is 0 Å². The maximum Gasteiger partial charge on any atom is 0.137 e. The third kappa shape index (κ3) is 7.56. The van der Waals surface area contributed by atoms with Crippen LogP contribution in [0.2, 0.25) is 0 Å². The van der Waals surface area contributed by atoms with Crippen LogP contribution in [-0.4, -0.2) is 18.8 Å². The zero-order valence-electron chi connectivity index (χ0n) is 41.7. The number of fused-ring (bicyclic) bond motifs is 2. The number of pyridine rings is 2. The van der Waals surface area contributed by atoms with Gasteiger partial charge in [0.1, 0.15) is 11.3 Å². The van der Waals surface area contributed by atoms with E-state index in [4.69, 9.17) is 16.8 Å². The second-order valence-electron chi connectivity index (χ2n) is 16.4. The Labute approximate surface area is 402 Å². The summed E-state index contributed by atoms with van der Waals surface area (Å²) in [6, 6.07) is 73.5. The second kappa shape index (κ2) is 17.6. The molecule has 0 saturated heterocycles. The van der Waals surface area contributed by atoms with Crippen molar-refractivity contribution in [1.29, 1.82) is 0 Å². The molecule has 322 valence electrons. The van der Waals surface area contributed by atoms with Crippen LogP contribution < -0.4 is 9.80 Å². The summed E-state index contributed by atoms with van der Waals surface area (Å²) in [6.07, 6.45) is 4.04. The Hall–Kier alpha value is -9.26. The largest absolute Gasteiger partial charge is 0.311 e. The third-order valence-electron chi connectivity index (χ3n) is 12.2. The van der Waals surface area contributed by atoms with Crippen molar-refractivity contribution >= 4 is 45.4 Å². The lowest BCUT2D eigenvalue weighted by atomic mass is 10.0. The van der Waals surface area contributed by atoms with E-state index in [-0.39, 0.29) is 17.8 Å².